The molecule has 0 spiro atoms. The first-order chi connectivity index (χ1) is 9.48. The van der Waals surface area contributed by atoms with E-state index in [1.807, 2.05) is 14.0 Å². The van der Waals surface area contributed by atoms with Crippen molar-refractivity contribution in [2.75, 3.05) is 26.7 Å². The molecule has 0 aromatic carbocycles. The van der Waals surface area contributed by atoms with Gasteiger partial charge in [0.2, 0.25) is 5.09 Å². The Kier molecular flexibility index (Phi) is 4.62. The van der Waals surface area contributed by atoms with E-state index in [1.165, 1.54) is 16.4 Å². The van der Waals surface area contributed by atoms with Gasteiger partial charge in [-0.05, 0) is 38.6 Å². The molecule has 1 atom stereocenters. The van der Waals surface area contributed by atoms with Crippen LogP contribution in [0.2, 0.25) is 0 Å². The minimum atomic E-state index is -3.68. The van der Waals surface area contributed by atoms with E-state index in [-0.39, 0.29) is 16.9 Å². The Balaban J connectivity index is 2.32. The van der Waals surface area contributed by atoms with E-state index in [0.29, 0.717) is 19.4 Å². The second-order valence-electron chi connectivity index (χ2n) is 5.07. The number of nitrogens with zero attached hydrogens (tertiary/aromatic N) is 2. The summed E-state index contributed by atoms with van der Waals surface area (Å²) in [6, 6.07) is 2.66. The molecule has 1 aliphatic heterocycles. The van der Waals surface area contributed by atoms with E-state index in [9.17, 15) is 13.2 Å². The van der Waals surface area contributed by atoms with Gasteiger partial charge in [0.1, 0.15) is 0 Å². The smallest absolute Gasteiger partial charge is 0.276 e. The molecule has 0 radical (unpaired) electrons. The third-order valence-corrected chi connectivity index (χ3v) is 5.43. The van der Waals surface area contributed by atoms with Crippen molar-refractivity contribution in [3.05, 3.63) is 17.9 Å². The molecule has 2 heterocycles. The van der Waals surface area contributed by atoms with Crippen molar-refractivity contribution in [2.24, 2.45) is 0 Å². The molecule has 0 N–H and O–H groups in total. The zero-order valence-corrected chi connectivity index (χ0v) is 12.6. The minimum Gasteiger partial charge on any atom is -0.440 e. The van der Waals surface area contributed by atoms with Crippen LogP contribution in [0.3, 0.4) is 0 Å². The average molecular weight is 300 g/mol. The molecular weight excluding hydrogens is 280 g/mol. The molecule has 1 unspecified atom stereocenters. The van der Waals surface area contributed by atoms with Gasteiger partial charge < -0.3 is 9.32 Å². The van der Waals surface area contributed by atoms with Crippen LogP contribution in [-0.2, 0) is 10.0 Å². The van der Waals surface area contributed by atoms with Gasteiger partial charge in [-0.3, -0.25) is 4.79 Å². The molecule has 0 bridgehead atoms. The van der Waals surface area contributed by atoms with Gasteiger partial charge in [0, 0.05) is 19.1 Å². The molecule has 7 heteroatoms. The Labute approximate surface area is 119 Å². The number of hydrogen-bond donors (Lipinski definition) is 0. The summed E-state index contributed by atoms with van der Waals surface area (Å²) >= 11 is 0. The lowest BCUT2D eigenvalue weighted by Crippen LogP contribution is -2.43. The summed E-state index contributed by atoms with van der Waals surface area (Å²) < 4.78 is 31.9. The number of carbonyl (C=O) groups excluding carboxylic acids is 1. The van der Waals surface area contributed by atoms with Gasteiger partial charge in [-0.15, -0.1) is 0 Å². The molecular formula is C13H20N2O4S. The van der Waals surface area contributed by atoms with Crippen LogP contribution in [0.4, 0.5) is 0 Å². The molecule has 0 aliphatic carbocycles. The Hall–Kier alpha value is -1.18. The highest BCUT2D eigenvalue weighted by Crippen LogP contribution is 2.23. The number of furan rings is 1. The number of carbonyl (C=O) groups is 1. The first-order valence-electron chi connectivity index (χ1n) is 6.74. The molecule has 1 aromatic heterocycles. The summed E-state index contributed by atoms with van der Waals surface area (Å²) in [5.41, 5.74) is 0. The second-order valence-corrected chi connectivity index (χ2v) is 6.89. The summed E-state index contributed by atoms with van der Waals surface area (Å²) in [6.07, 6.45) is 2.03. The van der Waals surface area contributed by atoms with Crippen molar-refractivity contribution in [1.29, 1.82) is 0 Å². The van der Waals surface area contributed by atoms with E-state index in [1.54, 1.807) is 0 Å². The van der Waals surface area contributed by atoms with Crippen LogP contribution >= 0.6 is 0 Å². The summed E-state index contributed by atoms with van der Waals surface area (Å²) in [6.45, 7) is 4.03. The van der Waals surface area contributed by atoms with E-state index in [0.717, 1.165) is 19.4 Å². The zero-order chi connectivity index (χ0) is 14.8. The summed E-state index contributed by atoms with van der Waals surface area (Å²) in [4.78, 5) is 12.8. The van der Waals surface area contributed by atoms with Crippen LogP contribution in [0, 0.1) is 0 Å². The van der Waals surface area contributed by atoms with Gasteiger partial charge in [0.25, 0.3) is 10.0 Å². The molecule has 1 aliphatic rings. The fourth-order valence-corrected chi connectivity index (χ4v) is 4.17. The summed E-state index contributed by atoms with van der Waals surface area (Å²) in [5.74, 6) is 0.0311. The van der Waals surface area contributed by atoms with Gasteiger partial charge in [-0.1, -0.05) is 6.92 Å². The highest BCUT2D eigenvalue weighted by molar-refractivity contribution is 7.89. The van der Waals surface area contributed by atoms with Gasteiger partial charge in [-0.25, -0.2) is 8.42 Å². The standard InChI is InChI=1S/C13H20N2O4S/c1-3-11-9-14(2)7-4-8-15(11)20(17,18)13-6-5-12(10-16)19-13/h5-6,10-11H,3-4,7-9H2,1-2H3. The molecule has 112 valence electrons. The van der Waals surface area contributed by atoms with Crippen molar-refractivity contribution in [3.8, 4) is 0 Å². The maximum atomic E-state index is 12.6. The van der Waals surface area contributed by atoms with Crippen LogP contribution in [-0.4, -0.2) is 56.6 Å². The fourth-order valence-electron chi connectivity index (χ4n) is 2.52. The highest BCUT2D eigenvalue weighted by Gasteiger charge is 2.34. The lowest BCUT2D eigenvalue weighted by Gasteiger charge is -2.28. The topological polar surface area (TPSA) is 70.8 Å². The van der Waals surface area contributed by atoms with Crippen molar-refractivity contribution >= 4 is 16.3 Å². The predicted octanol–water partition coefficient (Wildman–Crippen LogP) is 1.20. The fraction of sp³-hybridized carbons (Fsp3) is 0.615. The van der Waals surface area contributed by atoms with Gasteiger partial charge in [0.15, 0.2) is 12.0 Å². The van der Waals surface area contributed by atoms with Crippen molar-refractivity contribution < 1.29 is 17.6 Å². The molecule has 1 saturated heterocycles. The van der Waals surface area contributed by atoms with Crippen LogP contribution in [0.1, 0.15) is 30.3 Å². The van der Waals surface area contributed by atoms with Crippen LogP contribution in [0.15, 0.2) is 21.6 Å². The number of hydrogen-bond acceptors (Lipinski definition) is 5. The van der Waals surface area contributed by atoms with Crippen molar-refractivity contribution in [3.63, 3.8) is 0 Å². The Morgan fingerprint density at radius 2 is 2.15 bits per heavy atom. The average Bonchev–Trinajstić information content (AvgIpc) is 2.83. The Morgan fingerprint density at radius 1 is 1.40 bits per heavy atom. The number of likely N-dealkylation sites (N-methyl/N-ethyl adjacent to an activating group) is 1. The first kappa shape index (κ1) is 15.2. The third-order valence-electron chi connectivity index (χ3n) is 3.60. The highest BCUT2D eigenvalue weighted by atomic mass is 32.2. The van der Waals surface area contributed by atoms with Crippen LogP contribution in [0.25, 0.3) is 0 Å². The van der Waals surface area contributed by atoms with Crippen LogP contribution < -0.4 is 0 Å². The Morgan fingerprint density at radius 3 is 2.75 bits per heavy atom. The lowest BCUT2D eigenvalue weighted by molar-refractivity contribution is 0.109. The molecule has 1 aromatic rings. The molecule has 0 saturated carbocycles. The molecule has 20 heavy (non-hydrogen) atoms. The molecule has 6 nitrogen and oxygen atoms in total. The summed E-state index contributed by atoms with van der Waals surface area (Å²) in [5, 5.41) is -0.150. The molecule has 0 amide bonds. The number of aldehydes is 1. The van der Waals surface area contributed by atoms with Gasteiger partial charge in [-0.2, -0.15) is 4.31 Å². The molecule has 1 fully saturated rings. The van der Waals surface area contributed by atoms with Crippen molar-refractivity contribution in [2.45, 2.75) is 30.9 Å². The van der Waals surface area contributed by atoms with Gasteiger partial charge in [0.05, 0.1) is 0 Å². The zero-order valence-electron chi connectivity index (χ0n) is 11.8. The lowest BCUT2D eigenvalue weighted by atomic mass is 10.2. The monoisotopic (exact) mass is 300 g/mol. The van der Waals surface area contributed by atoms with Crippen molar-refractivity contribution in [1.82, 2.24) is 9.21 Å². The largest absolute Gasteiger partial charge is 0.440 e. The minimum absolute atomic E-state index is 0.0311. The summed E-state index contributed by atoms with van der Waals surface area (Å²) in [7, 11) is -1.68. The number of sulfonamides is 1. The number of rotatable bonds is 4. The molecule has 2 rings (SSSR count). The van der Waals surface area contributed by atoms with E-state index < -0.39 is 10.0 Å². The maximum Gasteiger partial charge on any atom is 0.276 e. The maximum absolute atomic E-state index is 12.6. The second kappa shape index (κ2) is 6.07. The van der Waals surface area contributed by atoms with E-state index in [4.69, 9.17) is 4.42 Å². The van der Waals surface area contributed by atoms with Gasteiger partial charge >= 0.3 is 0 Å². The SMILES string of the molecule is CCC1CN(C)CCCN1S(=O)(=O)c1ccc(C=O)o1. The third kappa shape index (κ3) is 2.94. The predicted molar refractivity (Wildman–Crippen MR) is 74.2 cm³/mol. The van der Waals surface area contributed by atoms with E-state index >= 15 is 0 Å². The first-order valence-corrected chi connectivity index (χ1v) is 8.18. The van der Waals surface area contributed by atoms with E-state index in [2.05, 4.69) is 4.90 Å². The quantitative estimate of drug-likeness (QED) is 0.781. The Bertz CT molecular complexity index is 567. The van der Waals surface area contributed by atoms with Crippen LogP contribution in [0.5, 0.6) is 0 Å². The normalized spacial score (nSPS) is 22.6.